The van der Waals surface area contributed by atoms with Crippen LogP contribution in [0.5, 0.6) is 0 Å². The minimum Gasteiger partial charge on any atom is -0.385 e. The maximum absolute atomic E-state index is 10.3. The Kier molecular flexibility index (Phi) is 4.34. The van der Waals surface area contributed by atoms with Crippen molar-refractivity contribution >= 4 is 0 Å². The molecule has 1 heteroatoms. The van der Waals surface area contributed by atoms with E-state index in [1.165, 1.54) is 18.4 Å². The van der Waals surface area contributed by atoms with E-state index in [1.807, 2.05) is 19.1 Å². The molecule has 0 aliphatic heterocycles. The van der Waals surface area contributed by atoms with Gasteiger partial charge in [-0.05, 0) is 25.8 Å². The first kappa shape index (κ1) is 12.3. The van der Waals surface area contributed by atoms with Gasteiger partial charge in [-0.1, -0.05) is 56.0 Å². The number of benzene rings is 1. The van der Waals surface area contributed by atoms with E-state index in [1.54, 1.807) is 0 Å². The Labute approximate surface area is 93.1 Å². The smallest absolute Gasteiger partial charge is 0.0868 e. The molecule has 84 valence electrons. The highest BCUT2D eigenvalue weighted by Gasteiger charge is 2.21. The van der Waals surface area contributed by atoms with E-state index in [4.69, 9.17) is 0 Å². The van der Waals surface area contributed by atoms with Gasteiger partial charge in [-0.3, -0.25) is 0 Å². The molecule has 1 unspecified atom stereocenters. The fraction of sp³-hybridized carbons (Fsp3) is 0.571. The number of rotatable bonds is 5. The number of hydrogen-bond acceptors (Lipinski definition) is 1. The molecule has 0 aromatic heterocycles. The summed E-state index contributed by atoms with van der Waals surface area (Å²) in [5, 5.41) is 10.3. The highest BCUT2D eigenvalue weighted by molar-refractivity contribution is 5.25. The van der Waals surface area contributed by atoms with Gasteiger partial charge in [-0.25, -0.2) is 0 Å². The quantitative estimate of drug-likeness (QED) is 0.727. The highest BCUT2D eigenvalue weighted by Crippen LogP contribution is 2.26. The van der Waals surface area contributed by atoms with Crippen molar-refractivity contribution in [1.29, 1.82) is 0 Å². The van der Waals surface area contributed by atoms with Gasteiger partial charge >= 0.3 is 0 Å². The predicted octanol–water partition coefficient (Wildman–Crippen LogP) is 3.78. The molecule has 0 radical (unpaired) electrons. The van der Waals surface area contributed by atoms with Crippen LogP contribution in [-0.4, -0.2) is 5.11 Å². The van der Waals surface area contributed by atoms with E-state index in [-0.39, 0.29) is 0 Å². The van der Waals surface area contributed by atoms with Crippen molar-refractivity contribution in [2.75, 3.05) is 0 Å². The van der Waals surface area contributed by atoms with E-state index in [9.17, 15) is 5.11 Å². The van der Waals surface area contributed by atoms with Crippen molar-refractivity contribution < 1.29 is 5.11 Å². The Morgan fingerprint density at radius 1 is 1.13 bits per heavy atom. The van der Waals surface area contributed by atoms with E-state index in [0.717, 1.165) is 18.4 Å². The highest BCUT2D eigenvalue weighted by atomic mass is 16.3. The van der Waals surface area contributed by atoms with Gasteiger partial charge in [0.15, 0.2) is 0 Å². The Morgan fingerprint density at radius 2 is 1.73 bits per heavy atom. The van der Waals surface area contributed by atoms with Crippen molar-refractivity contribution in [3.05, 3.63) is 35.4 Å². The molecule has 15 heavy (non-hydrogen) atoms. The number of aliphatic hydroxyl groups is 1. The average molecular weight is 206 g/mol. The molecule has 1 rings (SSSR count). The minimum atomic E-state index is -0.664. The standard InChI is InChI=1S/C14H22O/c1-4-5-6-11-14(3,15)13-9-7-12(2)8-10-13/h7-10,15H,4-6,11H2,1-3H3. The fourth-order valence-electron chi connectivity index (χ4n) is 1.78. The summed E-state index contributed by atoms with van der Waals surface area (Å²) in [5.74, 6) is 0. The van der Waals surface area contributed by atoms with Crippen molar-refractivity contribution in [1.82, 2.24) is 0 Å². The topological polar surface area (TPSA) is 20.2 Å². The van der Waals surface area contributed by atoms with Gasteiger partial charge in [-0.15, -0.1) is 0 Å². The first-order valence-corrected chi connectivity index (χ1v) is 5.86. The third-order valence-corrected chi connectivity index (χ3v) is 2.94. The molecular weight excluding hydrogens is 184 g/mol. The third-order valence-electron chi connectivity index (χ3n) is 2.94. The molecule has 1 aromatic carbocycles. The Morgan fingerprint density at radius 3 is 2.27 bits per heavy atom. The summed E-state index contributed by atoms with van der Waals surface area (Å²) >= 11 is 0. The summed E-state index contributed by atoms with van der Waals surface area (Å²) < 4.78 is 0. The summed E-state index contributed by atoms with van der Waals surface area (Å²) in [6.07, 6.45) is 4.34. The lowest BCUT2D eigenvalue weighted by Gasteiger charge is -2.24. The maximum atomic E-state index is 10.3. The Bertz CT molecular complexity index is 285. The molecule has 0 spiro atoms. The van der Waals surface area contributed by atoms with Crippen LogP contribution in [0.3, 0.4) is 0 Å². The van der Waals surface area contributed by atoms with Gasteiger partial charge in [0.25, 0.3) is 0 Å². The van der Waals surface area contributed by atoms with Gasteiger partial charge in [0.1, 0.15) is 0 Å². The zero-order chi connectivity index (χ0) is 11.3. The second-order valence-electron chi connectivity index (χ2n) is 4.60. The van der Waals surface area contributed by atoms with Crippen LogP contribution in [0.25, 0.3) is 0 Å². The molecule has 0 fully saturated rings. The van der Waals surface area contributed by atoms with E-state index in [0.29, 0.717) is 0 Å². The van der Waals surface area contributed by atoms with Crippen LogP contribution in [0.15, 0.2) is 24.3 Å². The molecule has 1 aromatic rings. The second-order valence-corrected chi connectivity index (χ2v) is 4.60. The molecule has 1 atom stereocenters. The molecule has 1 N–H and O–H groups in total. The third kappa shape index (κ3) is 3.67. The lowest BCUT2D eigenvalue weighted by Crippen LogP contribution is -2.20. The molecule has 0 saturated heterocycles. The molecule has 0 aliphatic rings. The molecule has 0 saturated carbocycles. The summed E-state index contributed by atoms with van der Waals surface area (Å²) in [5.41, 5.74) is 1.61. The molecule has 1 nitrogen and oxygen atoms in total. The predicted molar refractivity (Wildman–Crippen MR) is 64.9 cm³/mol. The van der Waals surface area contributed by atoms with E-state index >= 15 is 0 Å². The largest absolute Gasteiger partial charge is 0.385 e. The Balaban J connectivity index is 2.63. The van der Waals surface area contributed by atoms with Crippen molar-refractivity contribution in [3.8, 4) is 0 Å². The van der Waals surface area contributed by atoms with Crippen molar-refractivity contribution in [2.24, 2.45) is 0 Å². The Hall–Kier alpha value is -0.820. The van der Waals surface area contributed by atoms with Crippen LogP contribution in [0.1, 0.15) is 50.7 Å². The second kappa shape index (κ2) is 5.32. The minimum absolute atomic E-state index is 0.664. The lowest BCUT2D eigenvalue weighted by atomic mass is 9.90. The maximum Gasteiger partial charge on any atom is 0.0868 e. The van der Waals surface area contributed by atoms with Crippen LogP contribution in [0.2, 0.25) is 0 Å². The monoisotopic (exact) mass is 206 g/mol. The molecule has 0 amide bonds. The van der Waals surface area contributed by atoms with Crippen LogP contribution < -0.4 is 0 Å². The van der Waals surface area contributed by atoms with Gasteiger partial charge in [0.2, 0.25) is 0 Å². The fourth-order valence-corrected chi connectivity index (χ4v) is 1.78. The van der Waals surface area contributed by atoms with Gasteiger partial charge in [0.05, 0.1) is 5.60 Å². The van der Waals surface area contributed by atoms with Crippen molar-refractivity contribution in [2.45, 2.75) is 52.1 Å². The number of unbranched alkanes of at least 4 members (excludes halogenated alkanes) is 2. The SMILES string of the molecule is CCCCCC(C)(O)c1ccc(C)cc1. The van der Waals surface area contributed by atoms with Crippen LogP contribution in [0.4, 0.5) is 0 Å². The lowest BCUT2D eigenvalue weighted by molar-refractivity contribution is 0.0449. The average Bonchev–Trinajstić information content (AvgIpc) is 2.18. The summed E-state index contributed by atoms with van der Waals surface area (Å²) in [4.78, 5) is 0. The van der Waals surface area contributed by atoms with Crippen molar-refractivity contribution in [3.63, 3.8) is 0 Å². The molecular formula is C14H22O. The molecule has 0 aliphatic carbocycles. The summed E-state index contributed by atoms with van der Waals surface area (Å²) in [7, 11) is 0. The number of hydrogen-bond donors (Lipinski definition) is 1. The number of aryl methyl sites for hydroxylation is 1. The van der Waals surface area contributed by atoms with Gasteiger partial charge < -0.3 is 5.11 Å². The van der Waals surface area contributed by atoms with Gasteiger partial charge in [0, 0.05) is 0 Å². The summed E-state index contributed by atoms with van der Waals surface area (Å²) in [6, 6.07) is 8.18. The summed E-state index contributed by atoms with van der Waals surface area (Å²) in [6.45, 7) is 6.16. The zero-order valence-electron chi connectivity index (χ0n) is 10.1. The molecule has 0 heterocycles. The zero-order valence-corrected chi connectivity index (χ0v) is 10.1. The first-order valence-electron chi connectivity index (χ1n) is 5.86. The van der Waals surface area contributed by atoms with E-state index in [2.05, 4.69) is 26.0 Å². The van der Waals surface area contributed by atoms with Crippen LogP contribution in [-0.2, 0) is 5.60 Å². The first-order chi connectivity index (χ1) is 7.06. The normalized spacial score (nSPS) is 14.9. The molecule has 0 bridgehead atoms. The van der Waals surface area contributed by atoms with E-state index < -0.39 is 5.60 Å². The van der Waals surface area contributed by atoms with Crippen LogP contribution in [0, 0.1) is 6.92 Å². The van der Waals surface area contributed by atoms with Gasteiger partial charge in [-0.2, -0.15) is 0 Å². The van der Waals surface area contributed by atoms with Crippen LogP contribution >= 0.6 is 0 Å².